The SMILES string of the molecule is CC(F)(F)CCC1CCNCC1. The van der Waals surface area contributed by atoms with Crippen LogP contribution >= 0.6 is 0 Å². The third-order valence-corrected chi connectivity index (χ3v) is 2.45. The third-order valence-electron chi connectivity index (χ3n) is 2.45. The Morgan fingerprint density at radius 2 is 1.92 bits per heavy atom. The van der Waals surface area contributed by atoms with Crippen LogP contribution in [-0.2, 0) is 0 Å². The van der Waals surface area contributed by atoms with Crippen molar-refractivity contribution in [1.82, 2.24) is 5.32 Å². The van der Waals surface area contributed by atoms with E-state index in [2.05, 4.69) is 5.32 Å². The van der Waals surface area contributed by atoms with E-state index in [9.17, 15) is 8.78 Å². The molecule has 12 heavy (non-hydrogen) atoms. The molecule has 0 spiro atoms. The Hall–Kier alpha value is -0.180. The van der Waals surface area contributed by atoms with Crippen LogP contribution in [0.1, 0.15) is 32.6 Å². The number of hydrogen-bond donors (Lipinski definition) is 1. The molecule has 1 saturated heterocycles. The second-order valence-electron chi connectivity index (χ2n) is 3.80. The molecule has 0 radical (unpaired) electrons. The lowest BCUT2D eigenvalue weighted by Gasteiger charge is -2.23. The van der Waals surface area contributed by atoms with Crippen LogP contribution in [0, 0.1) is 5.92 Å². The maximum Gasteiger partial charge on any atom is 0.245 e. The van der Waals surface area contributed by atoms with E-state index in [0.29, 0.717) is 12.3 Å². The molecule has 0 aliphatic carbocycles. The zero-order chi connectivity index (χ0) is 9.03. The first-order valence-corrected chi connectivity index (χ1v) is 4.66. The molecular formula is C9H17F2N. The molecule has 0 aromatic heterocycles. The van der Waals surface area contributed by atoms with Crippen LogP contribution < -0.4 is 5.32 Å². The molecule has 1 nitrogen and oxygen atoms in total. The highest BCUT2D eigenvalue weighted by Crippen LogP contribution is 2.25. The van der Waals surface area contributed by atoms with Gasteiger partial charge in [-0.2, -0.15) is 0 Å². The van der Waals surface area contributed by atoms with Crippen molar-refractivity contribution in [2.75, 3.05) is 13.1 Å². The minimum atomic E-state index is -2.47. The minimum Gasteiger partial charge on any atom is -0.317 e. The van der Waals surface area contributed by atoms with E-state index in [1.165, 1.54) is 0 Å². The first kappa shape index (κ1) is 9.90. The van der Waals surface area contributed by atoms with Gasteiger partial charge in [0.15, 0.2) is 0 Å². The van der Waals surface area contributed by atoms with E-state index < -0.39 is 5.92 Å². The second-order valence-corrected chi connectivity index (χ2v) is 3.80. The van der Waals surface area contributed by atoms with E-state index in [-0.39, 0.29) is 6.42 Å². The Morgan fingerprint density at radius 3 is 2.42 bits per heavy atom. The van der Waals surface area contributed by atoms with Crippen molar-refractivity contribution in [2.45, 2.75) is 38.5 Å². The fraction of sp³-hybridized carbons (Fsp3) is 1.00. The molecule has 72 valence electrons. The molecule has 0 unspecified atom stereocenters. The van der Waals surface area contributed by atoms with Gasteiger partial charge in [0.1, 0.15) is 0 Å². The van der Waals surface area contributed by atoms with Crippen molar-refractivity contribution >= 4 is 0 Å². The molecule has 0 saturated carbocycles. The second kappa shape index (κ2) is 4.17. The summed E-state index contributed by atoms with van der Waals surface area (Å²) in [5, 5.41) is 3.22. The molecule has 1 fully saturated rings. The van der Waals surface area contributed by atoms with Gasteiger partial charge in [0.25, 0.3) is 0 Å². The molecule has 0 bridgehead atoms. The predicted molar refractivity (Wildman–Crippen MR) is 45.4 cm³/mol. The van der Waals surface area contributed by atoms with Gasteiger partial charge in [-0.05, 0) is 45.2 Å². The van der Waals surface area contributed by atoms with E-state index in [1.54, 1.807) is 0 Å². The van der Waals surface area contributed by atoms with E-state index in [1.807, 2.05) is 0 Å². The van der Waals surface area contributed by atoms with Crippen LogP contribution in [0.3, 0.4) is 0 Å². The van der Waals surface area contributed by atoms with Crippen molar-refractivity contribution in [3.05, 3.63) is 0 Å². The van der Waals surface area contributed by atoms with Gasteiger partial charge in [-0.25, -0.2) is 8.78 Å². The molecular weight excluding hydrogens is 160 g/mol. The molecule has 0 amide bonds. The summed E-state index contributed by atoms with van der Waals surface area (Å²) in [6.07, 6.45) is 2.87. The lowest BCUT2D eigenvalue weighted by Crippen LogP contribution is -2.28. The smallest absolute Gasteiger partial charge is 0.245 e. The van der Waals surface area contributed by atoms with Gasteiger partial charge in [0.05, 0.1) is 0 Å². The summed E-state index contributed by atoms with van der Waals surface area (Å²) in [6.45, 7) is 3.01. The molecule has 0 aromatic carbocycles. The van der Waals surface area contributed by atoms with Crippen LogP contribution in [0.15, 0.2) is 0 Å². The van der Waals surface area contributed by atoms with Crippen molar-refractivity contribution < 1.29 is 8.78 Å². The Kier molecular flexibility index (Phi) is 3.44. The standard InChI is InChI=1S/C9H17F2N/c1-9(10,11)5-2-8-3-6-12-7-4-8/h8,12H,2-7H2,1H3. The maximum atomic E-state index is 12.5. The Balaban J connectivity index is 2.13. The van der Waals surface area contributed by atoms with Crippen LogP contribution in [0.5, 0.6) is 0 Å². The van der Waals surface area contributed by atoms with Crippen LogP contribution in [0.4, 0.5) is 8.78 Å². The van der Waals surface area contributed by atoms with Gasteiger partial charge in [0, 0.05) is 6.42 Å². The quantitative estimate of drug-likeness (QED) is 0.698. The van der Waals surface area contributed by atoms with Crippen LogP contribution in [0.2, 0.25) is 0 Å². The van der Waals surface area contributed by atoms with Gasteiger partial charge in [-0.1, -0.05) is 0 Å². The lowest BCUT2D eigenvalue weighted by molar-refractivity contribution is 0.00543. The summed E-state index contributed by atoms with van der Waals surface area (Å²) >= 11 is 0. The number of halogens is 2. The number of nitrogens with one attached hydrogen (secondary N) is 1. The summed E-state index contributed by atoms with van der Waals surface area (Å²) in [5.74, 6) is -1.94. The highest BCUT2D eigenvalue weighted by molar-refractivity contribution is 4.70. The van der Waals surface area contributed by atoms with Crippen molar-refractivity contribution in [1.29, 1.82) is 0 Å². The third kappa shape index (κ3) is 4.00. The fourth-order valence-corrected chi connectivity index (χ4v) is 1.63. The molecule has 1 heterocycles. The largest absolute Gasteiger partial charge is 0.317 e. The maximum absolute atomic E-state index is 12.5. The monoisotopic (exact) mass is 177 g/mol. The number of hydrogen-bond acceptors (Lipinski definition) is 1. The van der Waals surface area contributed by atoms with Crippen LogP contribution in [0.25, 0.3) is 0 Å². The zero-order valence-corrected chi connectivity index (χ0v) is 7.58. The molecule has 1 N–H and O–H groups in total. The first-order valence-electron chi connectivity index (χ1n) is 4.66. The summed E-state index contributed by atoms with van der Waals surface area (Å²) in [4.78, 5) is 0. The highest BCUT2D eigenvalue weighted by atomic mass is 19.3. The summed E-state index contributed by atoms with van der Waals surface area (Å²) in [5.41, 5.74) is 0. The van der Waals surface area contributed by atoms with Gasteiger partial charge >= 0.3 is 0 Å². The average Bonchev–Trinajstić information content (AvgIpc) is 2.02. The lowest BCUT2D eigenvalue weighted by atomic mass is 9.92. The number of alkyl halides is 2. The molecule has 1 aliphatic heterocycles. The summed E-state index contributed by atoms with van der Waals surface area (Å²) < 4.78 is 24.9. The van der Waals surface area contributed by atoms with Crippen LogP contribution in [-0.4, -0.2) is 19.0 Å². The summed E-state index contributed by atoms with van der Waals surface area (Å²) in [6, 6.07) is 0. The van der Waals surface area contributed by atoms with Gasteiger partial charge in [-0.3, -0.25) is 0 Å². The molecule has 1 aliphatic rings. The van der Waals surface area contributed by atoms with Gasteiger partial charge in [-0.15, -0.1) is 0 Å². The zero-order valence-electron chi connectivity index (χ0n) is 7.58. The van der Waals surface area contributed by atoms with Gasteiger partial charge in [0.2, 0.25) is 5.92 Å². The molecule has 1 rings (SSSR count). The first-order chi connectivity index (χ1) is 5.58. The Labute approximate surface area is 72.5 Å². The molecule has 0 atom stereocenters. The minimum absolute atomic E-state index is 0.0532. The highest BCUT2D eigenvalue weighted by Gasteiger charge is 2.23. The van der Waals surface area contributed by atoms with Crippen molar-refractivity contribution in [3.8, 4) is 0 Å². The molecule has 0 aromatic rings. The Morgan fingerprint density at radius 1 is 1.33 bits per heavy atom. The number of rotatable bonds is 3. The number of piperidine rings is 1. The van der Waals surface area contributed by atoms with E-state index >= 15 is 0 Å². The predicted octanol–water partition coefficient (Wildman–Crippen LogP) is 2.42. The normalized spacial score (nSPS) is 21.2. The molecule has 3 heteroatoms. The van der Waals surface area contributed by atoms with Gasteiger partial charge < -0.3 is 5.32 Å². The average molecular weight is 177 g/mol. The Bertz CT molecular complexity index is 125. The summed E-state index contributed by atoms with van der Waals surface area (Å²) in [7, 11) is 0. The van der Waals surface area contributed by atoms with Crippen molar-refractivity contribution in [3.63, 3.8) is 0 Å². The van der Waals surface area contributed by atoms with E-state index in [0.717, 1.165) is 32.9 Å². The topological polar surface area (TPSA) is 12.0 Å². The van der Waals surface area contributed by atoms with E-state index in [4.69, 9.17) is 0 Å². The fourth-order valence-electron chi connectivity index (χ4n) is 1.63. The van der Waals surface area contributed by atoms with Crippen molar-refractivity contribution in [2.24, 2.45) is 5.92 Å².